The van der Waals surface area contributed by atoms with Crippen molar-refractivity contribution in [3.8, 4) is 11.5 Å². The number of benzene rings is 2. The highest BCUT2D eigenvalue weighted by molar-refractivity contribution is 6.33. The fraction of sp³-hybridized carbons (Fsp3) is 0.273. The van der Waals surface area contributed by atoms with Gasteiger partial charge < -0.3 is 10.1 Å². The van der Waals surface area contributed by atoms with Crippen molar-refractivity contribution in [2.75, 3.05) is 5.32 Å². The summed E-state index contributed by atoms with van der Waals surface area (Å²) in [5, 5.41) is 4.03. The molecule has 1 aromatic heterocycles. The quantitative estimate of drug-likeness (QED) is 0.517. The zero-order valence-electron chi connectivity index (χ0n) is 15.9. The molecule has 1 atom stereocenters. The molecule has 0 radical (unpaired) electrons. The summed E-state index contributed by atoms with van der Waals surface area (Å²) in [5.41, 5.74) is 3.22. The van der Waals surface area contributed by atoms with Crippen LogP contribution in [-0.2, 0) is 6.42 Å². The van der Waals surface area contributed by atoms with Gasteiger partial charge in [0.1, 0.15) is 28.7 Å². The predicted octanol–water partition coefficient (Wildman–Crippen LogP) is 6.36. The van der Waals surface area contributed by atoms with Gasteiger partial charge >= 0.3 is 0 Å². The molecule has 3 rings (SSSR count). The molecule has 0 spiro atoms. The lowest BCUT2D eigenvalue weighted by atomic mass is 10.0. The van der Waals surface area contributed by atoms with Crippen LogP contribution in [0.3, 0.4) is 0 Å². The molecule has 0 aliphatic carbocycles. The first-order chi connectivity index (χ1) is 13.1. The Morgan fingerprint density at radius 2 is 1.59 bits per heavy atom. The van der Waals surface area contributed by atoms with Crippen molar-refractivity contribution in [3.05, 3.63) is 76.7 Å². The predicted molar refractivity (Wildman–Crippen MR) is 111 cm³/mol. The average molecular weight is 382 g/mol. The highest BCUT2D eigenvalue weighted by Gasteiger charge is 2.14. The topological polar surface area (TPSA) is 47.0 Å². The Morgan fingerprint density at radius 3 is 2.19 bits per heavy atom. The van der Waals surface area contributed by atoms with Crippen molar-refractivity contribution in [1.82, 2.24) is 9.97 Å². The highest BCUT2D eigenvalue weighted by Crippen LogP contribution is 2.29. The number of rotatable bonds is 7. The molecule has 0 saturated heterocycles. The molecule has 27 heavy (non-hydrogen) atoms. The van der Waals surface area contributed by atoms with Crippen LogP contribution in [0.25, 0.3) is 0 Å². The molecule has 1 unspecified atom stereocenters. The number of aromatic nitrogens is 2. The summed E-state index contributed by atoms with van der Waals surface area (Å²) in [6, 6.07) is 16.2. The monoisotopic (exact) mass is 381 g/mol. The van der Waals surface area contributed by atoms with Gasteiger partial charge in [-0.1, -0.05) is 55.3 Å². The first kappa shape index (κ1) is 19.2. The minimum absolute atomic E-state index is 0.107. The number of nitrogens with one attached hydrogen (secondary N) is 1. The molecule has 1 N–H and O–H groups in total. The number of hydrogen-bond acceptors (Lipinski definition) is 4. The first-order valence-electron chi connectivity index (χ1n) is 9.21. The van der Waals surface area contributed by atoms with E-state index in [0.29, 0.717) is 10.8 Å². The van der Waals surface area contributed by atoms with Crippen molar-refractivity contribution in [1.29, 1.82) is 0 Å². The minimum Gasteiger partial charge on any atom is -0.457 e. The largest absolute Gasteiger partial charge is 0.457 e. The molecule has 0 saturated carbocycles. The maximum atomic E-state index is 6.42. The lowest BCUT2D eigenvalue weighted by Gasteiger charge is -2.19. The van der Waals surface area contributed by atoms with Gasteiger partial charge in [0.25, 0.3) is 0 Å². The van der Waals surface area contributed by atoms with Gasteiger partial charge in [-0.25, -0.2) is 9.97 Å². The molecule has 1 heterocycles. The Hall–Kier alpha value is -2.59. The van der Waals surface area contributed by atoms with E-state index in [9.17, 15) is 0 Å². The molecule has 0 fully saturated rings. The maximum absolute atomic E-state index is 6.42. The van der Waals surface area contributed by atoms with Crippen molar-refractivity contribution >= 4 is 17.4 Å². The Morgan fingerprint density at radius 1 is 0.963 bits per heavy atom. The van der Waals surface area contributed by atoms with Gasteiger partial charge in [-0.05, 0) is 49.6 Å². The van der Waals surface area contributed by atoms with Crippen LogP contribution in [0.2, 0.25) is 5.02 Å². The Bertz CT molecular complexity index is 879. The second-order valence-corrected chi connectivity index (χ2v) is 6.80. The SMILES string of the molecule is CCc1ncnc(NC(CC)c2ccc(Oc3ccc(C)cc3)cc2)c1Cl. The number of ether oxygens (including phenoxy) is 1. The van der Waals surface area contributed by atoms with E-state index in [1.54, 1.807) is 6.33 Å². The van der Waals surface area contributed by atoms with Crippen LogP contribution >= 0.6 is 11.6 Å². The van der Waals surface area contributed by atoms with E-state index in [1.165, 1.54) is 5.56 Å². The third-order valence-electron chi connectivity index (χ3n) is 4.45. The van der Waals surface area contributed by atoms with E-state index < -0.39 is 0 Å². The number of halogens is 1. The Kier molecular flexibility index (Phi) is 6.30. The van der Waals surface area contributed by atoms with Gasteiger partial charge in [0.05, 0.1) is 11.7 Å². The zero-order chi connectivity index (χ0) is 19.2. The van der Waals surface area contributed by atoms with E-state index in [-0.39, 0.29) is 6.04 Å². The standard InChI is InChI=1S/C22H24ClN3O/c1-4-19(26-22-21(23)20(5-2)24-14-25-22)16-8-12-18(13-9-16)27-17-10-6-15(3)7-11-17/h6-14,19H,4-5H2,1-3H3,(H,24,25,26). The summed E-state index contributed by atoms with van der Waals surface area (Å²) in [6.07, 6.45) is 3.23. The summed E-state index contributed by atoms with van der Waals surface area (Å²) < 4.78 is 5.91. The van der Waals surface area contributed by atoms with Crippen LogP contribution in [-0.4, -0.2) is 9.97 Å². The van der Waals surface area contributed by atoms with E-state index in [4.69, 9.17) is 16.3 Å². The summed E-state index contributed by atoms with van der Waals surface area (Å²) in [5.74, 6) is 2.32. The first-order valence-corrected chi connectivity index (χ1v) is 9.58. The van der Waals surface area contributed by atoms with E-state index in [0.717, 1.165) is 35.6 Å². The smallest absolute Gasteiger partial charge is 0.149 e. The number of aryl methyl sites for hydroxylation is 2. The van der Waals surface area contributed by atoms with Gasteiger partial charge in [-0.3, -0.25) is 0 Å². The van der Waals surface area contributed by atoms with E-state index in [1.807, 2.05) is 43.3 Å². The van der Waals surface area contributed by atoms with Crippen LogP contribution in [0.4, 0.5) is 5.82 Å². The van der Waals surface area contributed by atoms with Crippen LogP contribution < -0.4 is 10.1 Å². The molecule has 5 heteroatoms. The third kappa shape index (κ3) is 4.77. The molecular weight excluding hydrogens is 358 g/mol. The number of hydrogen-bond donors (Lipinski definition) is 1. The molecule has 0 aliphatic heterocycles. The molecule has 2 aromatic carbocycles. The molecule has 0 bridgehead atoms. The third-order valence-corrected chi connectivity index (χ3v) is 4.85. The van der Waals surface area contributed by atoms with Crippen LogP contribution in [0, 0.1) is 6.92 Å². The van der Waals surface area contributed by atoms with Crippen LogP contribution in [0.15, 0.2) is 54.9 Å². The Labute approximate surface area is 165 Å². The van der Waals surface area contributed by atoms with E-state index in [2.05, 4.69) is 41.3 Å². The summed E-state index contributed by atoms with van der Waals surface area (Å²) in [4.78, 5) is 8.52. The molecule has 4 nitrogen and oxygen atoms in total. The number of anilines is 1. The zero-order valence-corrected chi connectivity index (χ0v) is 16.6. The maximum Gasteiger partial charge on any atom is 0.149 e. The van der Waals surface area contributed by atoms with Crippen LogP contribution in [0.1, 0.15) is 43.1 Å². The molecule has 0 amide bonds. The summed E-state index contributed by atoms with van der Waals surface area (Å²) in [6.45, 7) is 6.22. The van der Waals surface area contributed by atoms with Gasteiger partial charge in [-0.2, -0.15) is 0 Å². The minimum atomic E-state index is 0.107. The van der Waals surface area contributed by atoms with Crippen molar-refractivity contribution in [2.45, 2.75) is 39.7 Å². The summed E-state index contributed by atoms with van der Waals surface area (Å²) in [7, 11) is 0. The lowest BCUT2D eigenvalue weighted by Crippen LogP contribution is -2.12. The highest BCUT2D eigenvalue weighted by atomic mass is 35.5. The normalized spacial score (nSPS) is 11.9. The van der Waals surface area contributed by atoms with Crippen molar-refractivity contribution in [2.24, 2.45) is 0 Å². The number of nitrogens with zero attached hydrogens (tertiary/aromatic N) is 2. The second kappa shape index (κ2) is 8.87. The van der Waals surface area contributed by atoms with Gasteiger partial charge in [-0.15, -0.1) is 0 Å². The molecule has 0 aliphatic rings. The fourth-order valence-electron chi connectivity index (χ4n) is 2.85. The van der Waals surface area contributed by atoms with Crippen LogP contribution in [0.5, 0.6) is 11.5 Å². The van der Waals surface area contributed by atoms with Gasteiger partial charge in [0.2, 0.25) is 0 Å². The Balaban J connectivity index is 1.73. The van der Waals surface area contributed by atoms with Gasteiger partial charge in [0.15, 0.2) is 0 Å². The summed E-state index contributed by atoms with van der Waals surface area (Å²) >= 11 is 6.42. The van der Waals surface area contributed by atoms with Crippen molar-refractivity contribution in [3.63, 3.8) is 0 Å². The fourth-order valence-corrected chi connectivity index (χ4v) is 3.14. The van der Waals surface area contributed by atoms with E-state index >= 15 is 0 Å². The molecule has 3 aromatic rings. The van der Waals surface area contributed by atoms with Gasteiger partial charge in [0, 0.05) is 0 Å². The van der Waals surface area contributed by atoms with Crippen molar-refractivity contribution < 1.29 is 4.74 Å². The molecule has 140 valence electrons. The average Bonchev–Trinajstić information content (AvgIpc) is 2.70. The lowest BCUT2D eigenvalue weighted by molar-refractivity contribution is 0.482. The molecular formula is C22H24ClN3O. The second-order valence-electron chi connectivity index (χ2n) is 6.43.